The topological polar surface area (TPSA) is 57.9 Å². The fourth-order valence-corrected chi connectivity index (χ4v) is 2.61. The van der Waals surface area contributed by atoms with Crippen molar-refractivity contribution < 1.29 is 4.74 Å². The normalized spacial score (nSPS) is 27.1. The largest absolute Gasteiger partial charge is 0.376 e. The fourth-order valence-electron chi connectivity index (χ4n) is 2.61. The number of pyridine rings is 1. The average molecular weight is 243 g/mol. The predicted octanol–water partition coefficient (Wildman–Crippen LogP) is 1.61. The van der Waals surface area contributed by atoms with Crippen molar-refractivity contribution in [1.29, 1.82) is 5.26 Å². The molecule has 0 bridgehead atoms. The van der Waals surface area contributed by atoms with Gasteiger partial charge in [-0.1, -0.05) is 0 Å². The summed E-state index contributed by atoms with van der Waals surface area (Å²) < 4.78 is 5.80. The lowest BCUT2D eigenvalue weighted by Gasteiger charge is -2.19. The maximum Gasteiger partial charge on any atom is 0.140 e. The van der Waals surface area contributed by atoms with E-state index in [0.717, 1.165) is 31.1 Å². The van der Waals surface area contributed by atoms with E-state index in [-0.39, 0.29) is 0 Å². The van der Waals surface area contributed by atoms with E-state index in [4.69, 9.17) is 10.00 Å². The van der Waals surface area contributed by atoms with Crippen LogP contribution in [0, 0.1) is 17.2 Å². The minimum Gasteiger partial charge on any atom is -0.376 e. The molecule has 1 aliphatic heterocycles. The minimum atomic E-state index is 0.405. The van der Waals surface area contributed by atoms with Crippen molar-refractivity contribution >= 4 is 0 Å². The maximum absolute atomic E-state index is 8.81. The molecule has 1 N–H and O–H groups in total. The van der Waals surface area contributed by atoms with Crippen LogP contribution in [-0.4, -0.2) is 23.7 Å². The maximum atomic E-state index is 8.81. The molecule has 2 aliphatic rings. The van der Waals surface area contributed by atoms with Gasteiger partial charge >= 0.3 is 0 Å². The van der Waals surface area contributed by atoms with E-state index in [1.165, 1.54) is 12.8 Å². The third-order valence-electron chi connectivity index (χ3n) is 3.73. The predicted molar refractivity (Wildman–Crippen MR) is 66.7 cm³/mol. The zero-order valence-corrected chi connectivity index (χ0v) is 10.3. The summed E-state index contributed by atoms with van der Waals surface area (Å²) in [5, 5.41) is 12.4. The summed E-state index contributed by atoms with van der Waals surface area (Å²) in [6, 6.07) is 6.33. The second kappa shape index (κ2) is 5.05. The van der Waals surface area contributed by atoms with Gasteiger partial charge in [0.05, 0.1) is 6.10 Å². The van der Waals surface area contributed by atoms with Gasteiger partial charge in [-0.15, -0.1) is 0 Å². The first-order valence-electron chi connectivity index (χ1n) is 6.57. The lowest BCUT2D eigenvalue weighted by atomic mass is 10.1. The molecule has 18 heavy (non-hydrogen) atoms. The van der Waals surface area contributed by atoms with Crippen LogP contribution in [0.25, 0.3) is 0 Å². The minimum absolute atomic E-state index is 0.405. The zero-order chi connectivity index (χ0) is 12.4. The summed E-state index contributed by atoms with van der Waals surface area (Å²) in [7, 11) is 0. The Morgan fingerprint density at radius 1 is 1.44 bits per heavy atom. The highest BCUT2D eigenvalue weighted by Crippen LogP contribution is 2.38. The lowest BCUT2D eigenvalue weighted by molar-refractivity contribution is 0.0809. The molecule has 2 unspecified atom stereocenters. The van der Waals surface area contributed by atoms with Crippen LogP contribution in [0.2, 0.25) is 0 Å². The van der Waals surface area contributed by atoms with Crippen molar-refractivity contribution in [3.05, 3.63) is 29.6 Å². The summed E-state index contributed by atoms with van der Waals surface area (Å²) in [5.41, 5.74) is 1.60. The van der Waals surface area contributed by atoms with Gasteiger partial charge in [0, 0.05) is 25.4 Å². The van der Waals surface area contributed by atoms with Crippen molar-refractivity contribution in [3.8, 4) is 6.07 Å². The highest BCUT2D eigenvalue weighted by molar-refractivity contribution is 5.25. The summed E-state index contributed by atoms with van der Waals surface area (Å²) in [6.07, 6.45) is 5.83. The first kappa shape index (κ1) is 11.6. The molecular weight excluding hydrogens is 226 g/mol. The number of nitrogens with zero attached hydrogens (tertiary/aromatic N) is 2. The van der Waals surface area contributed by atoms with Crippen LogP contribution in [0.3, 0.4) is 0 Å². The first-order chi connectivity index (χ1) is 8.86. The van der Waals surface area contributed by atoms with E-state index in [9.17, 15) is 0 Å². The van der Waals surface area contributed by atoms with Gasteiger partial charge in [0.1, 0.15) is 11.8 Å². The Hall–Kier alpha value is -1.44. The van der Waals surface area contributed by atoms with Crippen LogP contribution < -0.4 is 5.32 Å². The monoisotopic (exact) mass is 243 g/mol. The Balaban J connectivity index is 1.58. The first-order valence-corrected chi connectivity index (χ1v) is 6.57. The number of rotatable bonds is 4. The number of nitriles is 1. The smallest absolute Gasteiger partial charge is 0.140 e. The van der Waals surface area contributed by atoms with Gasteiger partial charge in [-0.3, -0.25) is 0 Å². The molecule has 1 saturated heterocycles. The highest BCUT2D eigenvalue weighted by Gasteiger charge is 2.40. The van der Waals surface area contributed by atoms with Crippen molar-refractivity contribution in [2.45, 2.75) is 38.0 Å². The molecule has 2 heterocycles. The third-order valence-corrected chi connectivity index (χ3v) is 3.73. The van der Waals surface area contributed by atoms with E-state index < -0.39 is 0 Å². The number of hydrogen-bond donors (Lipinski definition) is 1. The second-order valence-corrected chi connectivity index (χ2v) is 5.11. The third kappa shape index (κ3) is 2.53. The van der Waals surface area contributed by atoms with E-state index >= 15 is 0 Å². The molecule has 2 fully saturated rings. The fraction of sp³-hybridized carbons (Fsp3) is 0.571. The zero-order valence-electron chi connectivity index (χ0n) is 10.3. The molecule has 4 nitrogen and oxygen atoms in total. The van der Waals surface area contributed by atoms with Crippen LogP contribution in [0.4, 0.5) is 0 Å². The van der Waals surface area contributed by atoms with E-state index in [0.29, 0.717) is 17.8 Å². The molecule has 1 aromatic heterocycles. The highest BCUT2D eigenvalue weighted by atomic mass is 16.5. The Morgan fingerprint density at radius 3 is 3.11 bits per heavy atom. The number of hydrogen-bond acceptors (Lipinski definition) is 4. The lowest BCUT2D eigenvalue weighted by Crippen LogP contribution is -2.37. The van der Waals surface area contributed by atoms with Crippen LogP contribution in [0.15, 0.2) is 18.3 Å². The van der Waals surface area contributed by atoms with Crippen molar-refractivity contribution in [1.82, 2.24) is 10.3 Å². The van der Waals surface area contributed by atoms with Gasteiger partial charge < -0.3 is 10.1 Å². The van der Waals surface area contributed by atoms with E-state index in [1.54, 1.807) is 6.20 Å². The molecule has 1 aliphatic carbocycles. The summed E-state index contributed by atoms with van der Waals surface area (Å²) in [4.78, 5) is 3.98. The molecule has 1 aromatic rings. The van der Waals surface area contributed by atoms with Gasteiger partial charge in [-0.25, -0.2) is 4.98 Å². The number of aromatic nitrogens is 1. The standard InChI is InChI=1S/C14H17N3O/c15-8-12-7-10(3-5-16-12)9-17-13-4-6-18-14(13)11-1-2-11/h3,5,7,11,13-14,17H,1-2,4,6,9H2. The number of nitrogens with one attached hydrogen (secondary N) is 1. The van der Waals surface area contributed by atoms with Crippen LogP contribution in [-0.2, 0) is 11.3 Å². The van der Waals surface area contributed by atoms with Gasteiger partial charge in [-0.05, 0) is 42.9 Å². The molecule has 94 valence electrons. The average Bonchev–Trinajstić information content (AvgIpc) is 3.15. The summed E-state index contributed by atoms with van der Waals surface area (Å²) in [6.45, 7) is 1.66. The van der Waals surface area contributed by atoms with Crippen LogP contribution >= 0.6 is 0 Å². The summed E-state index contributed by atoms with van der Waals surface area (Å²) in [5.74, 6) is 0.775. The Labute approximate surface area is 107 Å². The molecule has 4 heteroatoms. The Kier molecular flexibility index (Phi) is 3.26. The number of ether oxygens (including phenoxy) is 1. The molecule has 0 amide bonds. The van der Waals surface area contributed by atoms with Crippen LogP contribution in [0.1, 0.15) is 30.5 Å². The van der Waals surface area contributed by atoms with Gasteiger partial charge in [0.15, 0.2) is 0 Å². The molecule has 0 radical (unpaired) electrons. The van der Waals surface area contributed by atoms with Crippen molar-refractivity contribution in [2.75, 3.05) is 6.61 Å². The van der Waals surface area contributed by atoms with Gasteiger partial charge in [0.25, 0.3) is 0 Å². The Bertz CT molecular complexity index is 464. The van der Waals surface area contributed by atoms with Crippen molar-refractivity contribution in [2.24, 2.45) is 5.92 Å². The quantitative estimate of drug-likeness (QED) is 0.873. The molecule has 1 saturated carbocycles. The summed E-state index contributed by atoms with van der Waals surface area (Å²) >= 11 is 0. The van der Waals surface area contributed by atoms with Crippen LogP contribution in [0.5, 0.6) is 0 Å². The molecule has 0 aromatic carbocycles. The van der Waals surface area contributed by atoms with Gasteiger partial charge in [0.2, 0.25) is 0 Å². The van der Waals surface area contributed by atoms with E-state index in [2.05, 4.69) is 16.4 Å². The second-order valence-electron chi connectivity index (χ2n) is 5.11. The molecule has 0 spiro atoms. The molecule has 3 rings (SSSR count). The Morgan fingerprint density at radius 2 is 2.33 bits per heavy atom. The van der Waals surface area contributed by atoms with E-state index in [1.807, 2.05) is 12.1 Å². The molecular formula is C14H17N3O. The van der Waals surface area contributed by atoms with Gasteiger partial charge in [-0.2, -0.15) is 5.26 Å². The SMILES string of the molecule is N#Cc1cc(CNC2CCOC2C2CC2)ccn1. The van der Waals surface area contributed by atoms with Crippen molar-refractivity contribution in [3.63, 3.8) is 0 Å². The molecule has 2 atom stereocenters.